The standard InChI is InChI=1S/C12H7ClO4/c13-7-2-3-8-6(5-7)1-4-9(14)10(8)11(15)12(16)17/h1-5,14H,(H,16,17). The highest BCUT2D eigenvalue weighted by Gasteiger charge is 2.21. The van der Waals surface area contributed by atoms with Gasteiger partial charge in [0.2, 0.25) is 0 Å². The van der Waals surface area contributed by atoms with Crippen molar-refractivity contribution in [2.45, 2.75) is 0 Å². The molecule has 17 heavy (non-hydrogen) atoms. The fourth-order valence-electron chi connectivity index (χ4n) is 1.63. The Morgan fingerprint density at radius 2 is 1.82 bits per heavy atom. The molecule has 86 valence electrons. The molecular formula is C12H7ClO4. The van der Waals surface area contributed by atoms with Crippen LogP contribution >= 0.6 is 11.6 Å². The molecule has 0 bridgehead atoms. The number of hydrogen-bond donors (Lipinski definition) is 2. The number of carbonyl (C=O) groups is 2. The minimum Gasteiger partial charge on any atom is -0.507 e. The number of carboxylic acid groups (broad SMARTS) is 1. The lowest BCUT2D eigenvalue weighted by Gasteiger charge is -2.06. The second-order valence-corrected chi connectivity index (χ2v) is 3.90. The van der Waals surface area contributed by atoms with Crippen molar-refractivity contribution in [1.29, 1.82) is 0 Å². The van der Waals surface area contributed by atoms with Gasteiger partial charge in [0, 0.05) is 5.02 Å². The molecule has 0 spiro atoms. The van der Waals surface area contributed by atoms with E-state index in [1.165, 1.54) is 18.2 Å². The number of phenolic OH excluding ortho intramolecular Hbond substituents is 1. The Kier molecular flexibility index (Phi) is 2.73. The Morgan fingerprint density at radius 3 is 2.47 bits per heavy atom. The number of aliphatic carboxylic acids is 1. The van der Waals surface area contributed by atoms with E-state index in [1.807, 2.05) is 0 Å². The van der Waals surface area contributed by atoms with E-state index < -0.39 is 11.8 Å². The van der Waals surface area contributed by atoms with Gasteiger partial charge in [0.05, 0.1) is 5.56 Å². The highest BCUT2D eigenvalue weighted by atomic mass is 35.5. The van der Waals surface area contributed by atoms with E-state index in [4.69, 9.17) is 16.7 Å². The van der Waals surface area contributed by atoms with Gasteiger partial charge in [0.15, 0.2) is 0 Å². The maximum absolute atomic E-state index is 11.5. The number of halogens is 1. The number of rotatable bonds is 2. The summed E-state index contributed by atoms with van der Waals surface area (Å²) in [5.74, 6) is -3.11. The van der Waals surface area contributed by atoms with Crippen LogP contribution in [0.15, 0.2) is 30.3 Å². The van der Waals surface area contributed by atoms with Crippen molar-refractivity contribution in [2.75, 3.05) is 0 Å². The second-order valence-electron chi connectivity index (χ2n) is 3.46. The van der Waals surface area contributed by atoms with Crippen LogP contribution < -0.4 is 0 Å². The van der Waals surface area contributed by atoms with Crippen LogP contribution in [0.4, 0.5) is 0 Å². The van der Waals surface area contributed by atoms with E-state index in [2.05, 4.69) is 0 Å². The molecule has 2 aromatic carbocycles. The molecule has 0 unspecified atom stereocenters. The Morgan fingerprint density at radius 1 is 1.12 bits per heavy atom. The van der Waals surface area contributed by atoms with E-state index in [0.29, 0.717) is 15.8 Å². The monoisotopic (exact) mass is 250 g/mol. The molecule has 0 heterocycles. The summed E-state index contributed by atoms with van der Waals surface area (Å²) in [5, 5.41) is 19.7. The summed E-state index contributed by atoms with van der Waals surface area (Å²) in [4.78, 5) is 22.1. The van der Waals surface area contributed by atoms with Crippen LogP contribution in [-0.2, 0) is 4.79 Å². The minimum absolute atomic E-state index is 0.216. The van der Waals surface area contributed by atoms with Gasteiger partial charge in [-0.1, -0.05) is 23.7 Å². The molecule has 2 rings (SSSR count). The molecule has 0 aliphatic carbocycles. The van der Waals surface area contributed by atoms with Gasteiger partial charge in [-0.15, -0.1) is 0 Å². The van der Waals surface area contributed by atoms with Crippen LogP contribution in [0.25, 0.3) is 10.8 Å². The zero-order valence-corrected chi connectivity index (χ0v) is 9.23. The molecule has 0 aliphatic heterocycles. The van der Waals surface area contributed by atoms with Crippen molar-refractivity contribution < 1.29 is 19.8 Å². The largest absolute Gasteiger partial charge is 0.507 e. The predicted octanol–water partition coefficient (Wildman–Crippen LogP) is 2.47. The first-order chi connectivity index (χ1) is 8.00. The molecule has 5 heteroatoms. The lowest BCUT2D eigenvalue weighted by atomic mass is 10.0. The molecule has 0 aromatic heterocycles. The van der Waals surface area contributed by atoms with E-state index in [0.717, 1.165) is 0 Å². The summed E-state index contributed by atoms with van der Waals surface area (Å²) in [7, 11) is 0. The molecule has 0 saturated carbocycles. The number of benzene rings is 2. The number of carbonyl (C=O) groups excluding carboxylic acids is 1. The SMILES string of the molecule is O=C(O)C(=O)c1c(O)ccc2cc(Cl)ccc12. The number of fused-ring (bicyclic) bond motifs is 1. The van der Waals surface area contributed by atoms with Crippen molar-refractivity contribution in [3.8, 4) is 5.75 Å². The number of carboxylic acids is 1. The second kappa shape index (κ2) is 4.07. The first kappa shape index (κ1) is 11.4. The van der Waals surface area contributed by atoms with Crippen molar-refractivity contribution >= 4 is 34.1 Å². The smallest absolute Gasteiger partial charge is 0.377 e. The van der Waals surface area contributed by atoms with Crippen molar-refractivity contribution in [2.24, 2.45) is 0 Å². The number of phenols is 1. The Labute approximate surface area is 101 Å². The summed E-state index contributed by atoms with van der Waals surface area (Å²) in [6.07, 6.45) is 0. The van der Waals surface area contributed by atoms with Crippen molar-refractivity contribution in [1.82, 2.24) is 0 Å². The quantitative estimate of drug-likeness (QED) is 0.634. The fraction of sp³-hybridized carbons (Fsp3) is 0. The molecule has 0 radical (unpaired) electrons. The van der Waals surface area contributed by atoms with Gasteiger partial charge in [-0.3, -0.25) is 4.79 Å². The Bertz CT molecular complexity index is 634. The molecular weight excluding hydrogens is 244 g/mol. The Balaban J connectivity index is 2.81. The van der Waals surface area contributed by atoms with Gasteiger partial charge < -0.3 is 10.2 Å². The maximum atomic E-state index is 11.5. The third-order valence-corrected chi connectivity index (χ3v) is 2.62. The lowest BCUT2D eigenvalue weighted by molar-refractivity contribution is -0.131. The van der Waals surface area contributed by atoms with Gasteiger partial charge in [0.25, 0.3) is 5.78 Å². The average molecular weight is 251 g/mol. The van der Waals surface area contributed by atoms with Crippen LogP contribution in [0.2, 0.25) is 5.02 Å². The molecule has 0 aliphatic rings. The number of hydrogen-bond acceptors (Lipinski definition) is 3. The van der Waals surface area contributed by atoms with E-state index in [9.17, 15) is 14.7 Å². The first-order valence-electron chi connectivity index (χ1n) is 4.69. The highest BCUT2D eigenvalue weighted by Crippen LogP contribution is 2.29. The van der Waals surface area contributed by atoms with E-state index >= 15 is 0 Å². The van der Waals surface area contributed by atoms with Crippen LogP contribution in [0.5, 0.6) is 5.75 Å². The summed E-state index contributed by atoms with van der Waals surface area (Å²) in [5.41, 5.74) is -0.216. The lowest BCUT2D eigenvalue weighted by Crippen LogP contribution is -2.13. The van der Waals surface area contributed by atoms with E-state index in [-0.39, 0.29) is 11.3 Å². The molecule has 4 nitrogen and oxygen atoms in total. The number of aromatic hydroxyl groups is 1. The van der Waals surface area contributed by atoms with Gasteiger partial charge in [-0.2, -0.15) is 0 Å². The predicted molar refractivity (Wildman–Crippen MR) is 62.6 cm³/mol. The maximum Gasteiger partial charge on any atom is 0.377 e. The van der Waals surface area contributed by atoms with Gasteiger partial charge >= 0.3 is 5.97 Å². The summed E-state index contributed by atoms with van der Waals surface area (Å²) in [6, 6.07) is 7.47. The molecule has 0 atom stereocenters. The molecule has 0 amide bonds. The molecule has 0 saturated heterocycles. The minimum atomic E-state index is -1.61. The average Bonchev–Trinajstić information content (AvgIpc) is 2.28. The van der Waals surface area contributed by atoms with Crippen molar-refractivity contribution in [3.05, 3.63) is 40.9 Å². The number of Topliss-reactive ketones (excluding diaryl/α,β-unsaturated/α-hetero) is 1. The Hall–Kier alpha value is -2.07. The first-order valence-corrected chi connectivity index (χ1v) is 5.07. The third-order valence-electron chi connectivity index (χ3n) is 2.38. The van der Waals surface area contributed by atoms with Gasteiger partial charge in [-0.05, 0) is 29.0 Å². The van der Waals surface area contributed by atoms with Crippen LogP contribution in [-0.4, -0.2) is 22.0 Å². The van der Waals surface area contributed by atoms with Gasteiger partial charge in [0.1, 0.15) is 5.75 Å². The summed E-state index contributed by atoms with van der Waals surface area (Å²) >= 11 is 5.79. The molecule has 2 N–H and O–H groups in total. The van der Waals surface area contributed by atoms with Crippen LogP contribution in [0.3, 0.4) is 0 Å². The zero-order valence-electron chi connectivity index (χ0n) is 8.48. The summed E-state index contributed by atoms with van der Waals surface area (Å²) in [6.45, 7) is 0. The molecule has 2 aromatic rings. The van der Waals surface area contributed by atoms with Crippen LogP contribution in [0.1, 0.15) is 10.4 Å². The normalized spacial score (nSPS) is 10.4. The molecule has 0 fully saturated rings. The number of ketones is 1. The van der Waals surface area contributed by atoms with Crippen molar-refractivity contribution in [3.63, 3.8) is 0 Å². The van der Waals surface area contributed by atoms with Crippen LogP contribution in [0, 0.1) is 0 Å². The van der Waals surface area contributed by atoms with Gasteiger partial charge in [-0.25, -0.2) is 4.79 Å². The third kappa shape index (κ3) is 1.94. The summed E-state index contributed by atoms with van der Waals surface area (Å²) < 4.78 is 0. The fourth-order valence-corrected chi connectivity index (χ4v) is 1.82. The zero-order chi connectivity index (χ0) is 12.6. The topological polar surface area (TPSA) is 74.6 Å². The van der Waals surface area contributed by atoms with E-state index in [1.54, 1.807) is 12.1 Å². The highest BCUT2D eigenvalue weighted by molar-refractivity contribution is 6.43.